The number of nitrogens with zero attached hydrogens (tertiary/aromatic N) is 4. The lowest BCUT2D eigenvalue weighted by Gasteiger charge is -2.33. The van der Waals surface area contributed by atoms with Crippen molar-refractivity contribution in [1.82, 2.24) is 14.3 Å². The minimum absolute atomic E-state index is 0.00841. The van der Waals surface area contributed by atoms with Gasteiger partial charge >= 0.3 is 0 Å². The van der Waals surface area contributed by atoms with Crippen molar-refractivity contribution in [3.8, 4) is 11.5 Å². The molecule has 1 aliphatic heterocycles. The quantitative estimate of drug-likeness (QED) is 0.296. The van der Waals surface area contributed by atoms with E-state index in [-0.39, 0.29) is 38.4 Å². The summed E-state index contributed by atoms with van der Waals surface area (Å²) in [6.45, 7) is 0.173. The highest BCUT2D eigenvalue weighted by Crippen LogP contribution is 2.41. The molecule has 5 rings (SSSR count). The standard InChI is InChI=1S/C27H26F2N4O5S2/c1-37-21-7-8-22(38-2)25-24(21)31-27(39-25)33(16-19-5-3-4-12-30-19)26(34)17-10-13-32(14-11-17)40(35,36)23-9-6-18(28)15-20(23)29/h3-9,12,15,17H,10-11,13-14,16H2,1-2H3. The molecule has 1 aliphatic rings. The molecule has 0 radical (unpaired) electrons. The number of rotatable bonds is 8. The number of halogens is 2. The summed E-state index contributed by atoms with van der Waals surface area (Å²) in [6, 6.07) is 11.3. The Kier molecular flexibility index (Phi) is 7.97. The van der Waals surface area contributed by atoms with Gasteiger partial charge in [0.25, 0.3) is 0 Å². The number of hydrogen-bond acceptors (Lipinski definition) is 8. The van der Waals surface area contributed by atoms with Crippen LogP contribution in [0.25, 0.3) is 10.2 Å². The van der Waals surface area contributed by atoms with Gasteiger partial charge in [-0.05, 0) is 49.2 Å². The van der Waals surface area contributed by atoms with Crippen molar-refractivity contribution in [3.05, 3.63) is 72.1 Å². The Hall–Kier alpha value is -3.68. The van der Waals surface area contributed by atoms with Crippen LogP contribution in [0.3, 0.4) is 0 Å². The molecular weight excluding hydrogens is 562 g/mol. The first kappa shape index (κ1) is 27.9. The van der Waals surface area contributed by atoms with Gasteiger partial charge in [0.15, 0.2) is 5.13 Å². The second-order valence-corrected chi connectivity index (χ2v) is 12.0. The van der Waals surface area contributed by atoms with Crippen LogP contribution in [0.2, 0.25) is 0 Å². The number of pyridine rings is 1. The first-order chi connectivity index (χ1) is 19.2. The average Bonchev–Trinajstić information content (AvgIpc) is 3.41. The van der Waals surface area contributed by atoms with Gasteiger partial charge in [0, 0.05) is 31.3 Å². The predicted octanol–water partition coefficient (Wildman–Crippen LogP) is 4.62. The number of ether oxygens (including phenoxy) is 2. The lowest BCUT2D eigenvalue weighted by molar-refractivity contribution is -0.123. The zero-order valence-corrected chi connectivity index (χ0v) is 23.3. The number of amides is 1. The number of carbonyl (C=O) groups is 1. The molecule has 1 fully saturated rings. The van der Waals surface area contributed by atoms with E-state index in [1.165, 1.54) is 18.4 Å². The van der Waals surface area contributed by atoms with Gasteiger partial charge in [-0.1, -0.05) is 17.4 Å². The van der Waals surface area contributed by atoms with Crippen LogP contribution in [0.4, 0.5) is 13.9 Å². The maximum atomic E-state index is 14.3. The maximum absolute atomic E-state index is 14.3. The molecule has 2 aromatic carbocycles. The molecule has 4 aromatic rings. The normalized spacial score (nSPS) is 14.8. The molecule has 0 aliphatic carbocycles. The van der Waals surface area contributed by atoms with E-state index in [1.807, 2.05) is 6.07 Å². The Morgan fingerprint density at radius 1 is 1.07 bits per heavy atom. The van der Waals surface area contributed by atoms with Crippen LogP contribution in [0.1, 0.15) is 18.5 Å². The minimum atomic E-state index is -4.19. The van der Waals surface area contributed by atoms with Gasteiger partial charge in [0.1, 0.15) is 38.2 Å². The summed E-state index contributed by atoms with van der Waals surface area (Å²) in [4.78, 5) is 24.0. The van der Waals surface area contributed by atoms with Gasteiger partial charge in [-0.3, -0.25) is 14.7 Å². The third-order valence-electron chi connectivity index (χ3n) is 6.76. The van der Waals surface area contributed by atoms with Crippen molar-refractivity contribution in [2.75, 3.05) is 32.2 Å². The Morgan fingerprint density at radius 2 is 1.80 bits per heavy atom. The zero-order chi connectivity index (χ0) is 28.4. The van der Waals surface area contributed by atoms with Crippen molar-refractivity contribution >= 4 is 42.6 Å². The van der Waals surface area contributed by atoms with Crippen LogP contribution in [-0.4, -0.2) is 55.9 Å². The topological polar surface area (TPSA) is 102 Å². The third kappa shape index (κ3) is 5.36. The number of sulfonamides is 1. The van der Waals surface area contributed by atoms with Crippen molar-refractivity contribution in [2.45, 2.75) is 24.3 Å². The molecule has 0 unspecified atom stereocenters. The number of anilines is 1. The lowest BCUT2D eigenvalue weighted by atomic mass is 9.96. The molecule has 0 saturated carbocycles. The molecule has 3 heterocycles. The number of thiazole rings is 1. The van der Waals surface area contributed by atoms with E-state index in [0.29, 0.717) is 33.9 Å². The summed E-state index contributed by atoms with van der Waals surface area (Å²) in [5.74, 6) is -1.62. The fourth-order valence-electron chi connectivity index (χ4n) is 4.67. The van der Waals surface area contributed by atoms with Gasteiger partial charge in [-0.2, -0.15) is 4.31 Å². The molecule has 0 spiro atoms. The van der Waals surface area contributed by atoms with E-state index < -0.39 is 32.5 Å². The van der Waals surface area contributed by atoms with E-state index in [2.05, 4.69) is 4.98 Å². The second kappa shape index (κ2) is 11.4. The Balaban J connectivity index is 1.42. The largest absolute Gasteiger partial charge is 0.495 e. The monoisotopic (exact) mass is 588 g/mol. The van der Waals surface area contributed by atoms with E-state index in [0.717, 1.165) is 21.1 Å². The molecule has 1 saturated heterocycles. The van der Waals surface area contributed by atoms with Crippen molar-refractivity contribution in [3.63, 3.8) is 0 Å². The van der Waals surface area contributed by atoms with Gasteiger partial charge in [0.05, 0.1) is 26.5 Å². The summed E-state index contributed by atoms with van der Waals surface area (Å²) in [5, 5.41) is 0.428. The highest BCUT2D eigenvalue weighted by atomic mass is 32.2. The van der Waals surface area contributed by atoms with Crippen LogP contribution >= 0.6 is 11.3 Å². The van der Waals surface area contributed by atoms with Crippen LogP contribution in [0, 0.1) is 17.6 Å². The third-order valence-corrected chi connectivity index (χ3v) is 9.78. The van der Waals surface area contributed by atoms with Crippen molar-refractivity contribution in [1.29, 1.82) is 0 Å². The fraction of sp³-hybridized carbons (Fsp3) is 0.296. The van der Waals surface area contributed by atoms with Gasteiger partial charge in [-0.15, -0.1) is 0 Å². The number of piperidine rings is 1. The van der Waals surface area contributed by atoms with E-state index in [9.17, 15) is 22.0 Å². The molecule has 13 heteroatoms. The highest BCUT2D eigenvalue weighted by Gasteiger charge is 2.36. The van der Waals surface area contributed by atoms with E-state index >= 15 is 0 Å². The molecule has 0 N–H and O–H groups in total. The summed E-state index contributed by atoms with van der Waals surface area (Å²) < 4.78 is 66.5. The highest BCUT2D eigenvalue weighted by molar-refractivity contribution is 7.89. The molecule has 1 amide bonds. The van der Waals surface area contributed by atoms with Crippen LogP contribution in [0.15, 0.2) is 59.6 Å². The molecule has 210 valence electrons. The van der Waals surface area contributed by atoms with E-state index in [4.69, 9.17) is 14.5 Å². The number of carbonyl (C=O) groups excluding carboxylic acids is 1. The van der Waals surface area contributed by atoms with Crippen molar-refractivity contribution < 1.29 is 31.5 Å². The number of aromatic nitrogens is 2. The average molecular weight is 589 g/mol. The van der Waals surface area contributed by atoms with Crippen LogP contribution in [0.5, 0.6) is 11.5 Å². The smallest absolute Gasteiger partial charge is 0.245 e. The molecule has 0 bridgehead atoms. The Morgan fingerprint density at radius 3 is 2.45 bits per heavy atom. The van der Waals surface area contributed by atoms with Crippen molar-refractivity contribution in [2.24, 2.45) is 5.92 Å². The molecule has 0 atom stereocenters. The van der Waals surface area contributed by atoms with Crippen LogP contribution < -0.4 is 14.4 Å². The first-order valence-corrected chi connectivity index (χ1v) is 14.7. The lowest BCUT2D eigenvalue weighted by Crippen LogP contribution is -2.44. The molecule has 2 aromatic heterocycles. The number of fused-ring (bicyclic) bond motifs is 1. The number of benzene rings is 2. The Labute approximate surface area is 234 Å². The van der Waals surface area contributed by atoms with E-state index in [1.54, 1.807) is 42.5 Å². The summed E-state index contributed by atoms with van der Waals surface area (Å²) in [7, 11) is -1.10. The summed E-state index contributed by atoms with van der Waals surface area (Å²) >= 11 is 1.29. The molecular formula is C27H26F2N4O5S2. The minimum Gasteiger partial charge on any atom is -0.495 e. The molecule has 40 heavy (non-hydrogen) atoms. The second-order valence-electron chi connectivity index (χ2n) is 9.14. The maximum Gasteiger partial charge on any atom is 0.245 e. The summed E-state index contributed by atoms with van der Waals surface area (Å²) in [6.07, 6.45) is 2.08. The van der Waals surface area contributed by atoms with Crippen LogP contribution in [-0.2, 0) is 21.4 Å². The van der Waals surface area contributed by atoms with Gasteiger partial charge in [-0.25, -0.2) is 22.2 Å². The Bertz CT molecular complexity index is 1600. The SMILES string of the molecule is COc1ccc(OC)c2sc(N(Cc3ccccn3)C(=O)C3CCN(S(=O)(=O)c4ccc(F)cc4F)CC3)nc12. The fourth-order valence-corrected chi connectivity index (χ4v) is 7.26. The number of hydrogen-bond donors (Lipinski definition) is 0. The zero-order valence-electron chi connectivity index (χ0n) is 21.7. The predicted molar refractivity (Wildman–Crippen MR) is 146 cm³/mol. The van der Waals surface area contributed by atoms with Gasteiger partial charge < -0.3 is 9.47 Å². The summed E-state index contributed by atoms with van der Waals surface area (Å²) in [5.41, 5.74) is 1.21. The molecule has 9 nitrogen and oxygen atoms in total. The first-order valence-electron chi connectivity index (χ1n) is 12.4. The number of methoxy groups -OCH3 is 2. The van der Waals surface area contributed by atoms with Gasteiger partial charge in [0.2, 0.25) is 15.9 Å².